The van der Waals surface area contributed by atoms with Gasteiger partial charge in [-0.15, -0.1) is 0 Å². The van der Waals surface area contributed by atoms with Crippen LogP contribution in [0.4, 0.5) is 0 Å². The number of amides is 2. The number of ether oxygens (including phenoxy) is 1. The second-order valence-electron chi connectivity index (χ2n) is 9.15. The summed E-state index contributed by atoms with van der Waals surface area (Å²) in [7, 11) is 0. The molecule has 0 radical (unpaired) electrons. The van der Waals surface area contributed by atoms with E-state index >= 15 is 0 Å². The highest BCUT2D eigenvalue weighted by Crippen LogP contribution is 2.25. The van der Waals surface area contributed by atoms with E-state index in [1.165, 1.54) is 5.56 Å². The SMILES string of the molecule is CC(C)(C)c1ccc(-c2noc(C(=O)NCCNC(=O)COc3ccc4ccccc4c3)n2)cc1. The van der Waals surface area contributed by atoms with Crippen molar-refractivity contribution in [2.45, 2.75) is 26.2 Å². The Bertz CT molecular complexity index is 1320. The summed E-state index contributed by atoms with van der Waals surface area (Å²) in [5.41, 5.74) is 1.99. The number of carbonyl (C=O) groups is 2. The minimum atomic E-state index is -0.503. The number of hydrogen-bond donors (Lipinski definition) is 2. The molecule has 0 aliphatic carbocycles. The van der Waals surface area contributed by atoms with Gasteiger partial charge in [-0.2, -0.15) is 4.98 Å². The first kappa shape index (κ1) is 23.9. The van der Waals surface area contributed by atoms with Crippen LogP contribution in [0.1, 0.15) is 37.0 Å². The van der Waals surface area contributed by atoms with Crippen molar-refractivity contribution >= 4 is 22.6 Å². The summed E-state index contributed by atoms with van der Waals surface area (Å²) in [6.07, 6.45) is 0. The van der Waals surface area contributed by atoms with Crippen molar-refractivity contribution in [3.63, 3.8) is 0 Å². The fraction of sp³-hybridized carbons (Fsp3) is 0.259. The molecule has 2 amide bonds. The van der Waals surface area contributed by atoms with E-state index in [-0.39, 0.29) is 36.9 Å². The van der Waals surface area contributed by atoms with Crippen molar-refractivity contribution in [3.05, 3.63) is 78.2 Å². The first-order chi connectivity index (χ1) is 16.8. The van der Waals surface area contributed by atoms with Crippen LogP contribution < -0.4 is 15.4 Å². The molecule has 180 valence electrons. The lowest BCUT2D eigenvalue weighted by Crippen LogP contribution is -2.36. The van der Waals surface area contributed by atoms with Crippen LogP contribution in [-0.4, -0.2) is 41.7 Å². The highest BCUT2D eigenvalue weighted by Gasteiger charge is 2.17. The average Bonchev–Trinajstić information content (AvgIpc) is 3.35. The molecule has 0 aliphatic rings. The van der Waals surface area contributed by atoms with E-state index < -0.39 is 5.91 Å². The zero-order valence-corrected chi connectivity index (χ0v) is 20.0. The Morgan fingerprint density at radius 2 is 1.63 bits per heavy atom. The Kier molecular flexibility index (Phi) is 7.10. The number of rotatable bonds is 8. The van der Waals surface area contributed by atoms with Gasteiger partial charge in [0.25, 0.3) is 5.91 Å². The summed E-state index contributed by atoms with van der Waals surface area (Å²) in [4.78, 5) is 28.5. The molecule has 0 unspecified atom stereocenters. The Hall–Kier alpha value is -4.20. The lowest BCUT2D eigenvalue weighted by molar-refractivity contribution is -0.123. The van der Waals surface area contributed by atoms with Crippen molar-refractivity contribution in [1.29, 1.82) is 0 Å². The van der Waals surface area contributed by atoms with Gasteiger partial charge < -0.3 is 19.9 Å². The van der Waals surface area contributed by atoms with Gasteiger partial charge in [0.05, 0.1) is 0 Å². The van der Waals surface area contributed by atoms with Gasteiger partial charge in [-0.1, -0.05) is 80.5 Å². The Balaban J connectivity index is 1.20. The summed E-state index contributed by atoms with van der Waals surface area (Å²) in [5.74, 6) is 0.0379. The second-order valence-corrected chi connectivity index (χ2v) is 9.15. The minimum Gasteiger partial charge on any atom is -0.484 e. The summed E-state index contributed by atoms with van der Waals surface area (Å²) >= 11 is 0. The first-order valence-corrected chi connectivity index (χ1v) is 11.4. The van der Waals surface area contributed by atoms with E-state index in [4.69, 9.17) is 9.26 Å². The quantitative estimate of drug-likeness (QED) is 0.374. The molecule has 8 heteroatoms. The fourth-order valence-corrected chi connectivity index (χ4v) is 3.46. The molecular formula is C27H28N4O4. The van der Waals surface area contributed by atoms with E-state index in [1.54, 1.807) is 0 Å². The average molecular weight is 473 g/mol. The summed E-state index contributed by atoms with van der Waals surface area (Å²) in [6.45, 7) is 6.74. The normalized spacial score (nSPS) is 11.3. The van der Waals surface area contributed by atoms with Crippen molar-refractivity contribution in [2.75, 3.05) is 19.7 Å². The topological polar surface area (TPSA) is 106 Å². The van der Waals surface area contributed by atoms with Gasteiger partial charge >= 0.3 is 11.8 Å². The second kappa shape index (κ2) is 10.4. The number of nitrogens with zero attached hydrogens (tertiary/aromatic N) is 2. The molecule has 2 N–H and O–H groups in total. The molecule has 4 rings (SSSR count). The van der Waals surface area contributed by atoms with Crippen LogP contribution in [0.15, 0.2) is 71.3 Å². The molecular weight excluding hydrogens is 444 g/mol. The molecule has 8 nitrogen and oxygen atoms in total. The molecule has 0 aliphatic heterocycles. The third-order valence-corrected chi connectivity index (χ3v) is 5.45. The van der Waals surface area contributed by atoms with E-state index in [0.717, 1.165) is 16.3 Å². The fourth-order valence-electron chi connectivity index (χ4n) is 3.46. The molecule has 0 atom stereocenters. The molecule has 0 bridgehead atoms. The van der Waals surface area contributed by atoms with Gasteiger partial charge in [0.15, 0.2) is 6.61 Å². The maximum atomic E-state index is 12.3. The molecule has 35 heavy (non-hydrogen) atoms. The van der Waals surface area contributed by atoms with Crippen molar-refractivity contribution in [2.24, 2.45) is 0 Å². The third kappa shape index (κ3) is 6.23. The largest absolute Gasteiger partial charge is 0.484 e. The molecule has 0 spiro atoms. The summed E-state index contributed by atoms with van der Waals surface area (Å²) < 4.78 is 10.7. The number of carbonyl (C=O) groups excluding carboxylic acids is 2. The van der Waals surface area contributed by atoms with Crippen molar-refractivity contribution in [1.82, 2.24) is 20.8 Å². The lowest BCUT2D eigenvalue weighted by Gasteiger charge is -2.18. The van der Waals surface area contributed by atoms with Crippen molar-refractivity contribution in [3.8, 4) is 17.1 Å². The zero-order valence-electron chi connectivity index (χ0n) is 20.0. The van der Waals surface area contributed by atoms with Gasteiger partial charge in [-0.3, -0.25) is 9.59 Å². The van der Waals surface area contributed by atoms with Crippen LogP contribution in [0.2, 0.25) is 0 Å². The van der Waals surface area contributed by atoms with Crippen LogP contribution >= 0.6 is 0 Å². The molecule has 0 saturated heterocycles. The molecule has 4 aromatic rings. The molecule has 1 aromatic heterocycles. The molecule has 0 fully saturated rings. The minimum absolute atomic E-state index is 0.0405. The van der Waals surface area contributed by atoms with Crippen LogP contribution in [0.3, 0.4) is 0 Å². The lowest BCUT2D eigenvalue weighted by atomic mass is 9.87. The number of benzene rings is 3. The molecule has 1 heterocycles. The predicted octanol–water partition coefficient (Wildman–Crippen LogP) is 4.11. The smallest absolute Gasteiger partial charge is 0.316 e. The molecule has 0 saturated carbocycles. The van der Waals surface area contributed by atoms with Gasteiger partial charge in [0.1, 0.15) is 5.75 Å². The van der Waals surface area contributed by atoms with Gasteiger partial charge in [-0.25, -0.2) is 0 Å². The number of hydrogen-bond acceptors (Lipinski definition) is 6. The third-order valence-electron chi connectivity index (χ3n) is 5.45. The number of aromatic nitrogens is 2. The highest BCUT2D eigenvalue weighted by atomic mass is 16.5. The van der Waals surface area contributed by atoms with Gasteiger partial charge in [0.2, 0.25) is 5.82 Å². The number of fused-ring (bicyclic) bond motifs is 1. The van der Waals surface area contributed by atoms with Crippen LogP contribution in [0, 0.1) is 0 Å². The van der Waals surface area contributed by atoms with Crippen LogP contribution in [0.5, 0.6) is 5.75 Å². The molecule has 3 aromatic carbocycles. The Morgan fingerprint density at radius 3 is 2.37 bits per heavy atom. The standard InChI is InChI=1S/C27H28N4O4/c1-27(2,3)21-11-8-19(9-12-21)24-30-26(35-31-24)25(33)29-15-14-28-23(32)17-34-22-13-10-18-6-4-5-7-20(18)16-22/h4-13,16H,14-15,17H2,1-3H3,(H,28,32)(H,29,33). The van der Waals surface area contributed by atoms with Gasteiger partial charge in [0, 0.05) is 18.7 Å². The Labute approximate surface area is 203 Å². The van der Waals surface area contributed by atoms with E-state index in [0.29, 0.717) is 11.6 Å². The predicted molar refractivity (Wildman–Crippen MR) is 133 cm³/mol. The maximum Gasteiger partial charge on any atom is 0.316 e. The first-order valence-electron chi connectivity index (χ1n) is 11.4. The summed E-state index contributed by atoms with van der Waals surface area (Å²) in [6, 6.07) is 21.4. The van der Waals surface area contributed by atoms with E-state index in [2.05, 4.69) is 41.5 Å². The number of nitrogens with one attached hydrogen (secondary N) is 2. The monoisotopic (exact) mass is 472 g/mol. The summed E-state index contributed by atoms with van der Waals surface area (Å²) in [5, 5.41) is 11.4. The van der Waals surface area contributed by atoms with E-state index in [9.17, 15) is 9.59 Å². The Morgan fingerprint density at radius 1 is 0.914 bits per heavy atom. The maximum absolute atomic E-state index is 12.3. The highest BCUT2D eigenvalue weighted by molar-refractivity contribution is 5.90. The van der Waals surface area contributed by atoms with Crippen LogP contribution in [-0.2, 0) is 10.2 Å². The van der Waals surface area contributed by atoms with E-state index in [1.807, 2.05) is 66.7 Å². The zero-order chi connectivity index (χ0) is 24.8. The van der Waals surface area contributed by atoms with Crippen LogP contribution in [0.25, 0.3) is 22.2 Å². The van der Waals surface area contributed by atoms with Crippen molar-refractivity contribution < 1.29 is 18.8 Å². The van der Waals surface area contributed by atoms with Gasteiger partial charge in [-0.05, 0) is 33.9 Å².